The maximum absolute atomic E-state index is 13.6. The number of imidazole rings is 1. The lowest BCUT2D eigenvalue weighted by Crippen LogP contribution is -2.47. The van der Waals surface area contributed by atoms with E-state index >= 15 is 0 Å². The maximum Gasteiger partial charge on any atom is 0.328 e. The van der Waals surface area contributed by atoms with E-state index in [-0.39, 0.29) is 18.2 Å². The Morgan fingerprint density at radius 2 is 1.83 bits per heavy atom. The summed E-state index contributed by atoms with van der Waals surface area (Å²) in [6, 6.07) is 17.3. The molecular formula is C22H23IN2O4S. The lowest BCUT2D eigenvalue weighted by atomic mass is 9.96. The average Bonchev–Trinajstić information content (AvgIpc) is 3.24. The highest BCUT2D eigenvalue weighted by Gasteiger charge is 2.50. The summed E-state index contributed by atoms with van der Waals surface area (Å²) in [6.45, 7) is 3.17. The van der Waals surface area contributed by atoms with Crippen molar-refractivity contribution in [2.75, 3.05) is 6.61 Å². The van der Waals surface area contributed by atoms with E-state index in [1.54, 1.807) is 13.1 Å². The second kappa shape index (κ2) is 9.30. The second-order valence-electron chi connectivity index (χ2n) is 7.00. The molecule has 0 N–H and O–H groups in total. The molecule has 0 radical (unpaired) electrons. The van der Waals surface area contributed by atoms with E-state index in [1.807, 2.05) is 54.6 Å². The minimum absolute atomic E-state index is 0.0249. The van der Waals surface area contributed by atoms with Crippen LogP contribution >= 0.6 is 22.6 Å². The summed E-state index contributed by atoms with van der Waals surface area (Å²) in [5, 5.41) is -0.133. The highest BCUT2D eigenvalue weighted by atomic mass is 127. The van der Waals surface area contributed by atoms with Gasteiger partial charge in [-0.3, -0.25) is 4.79 Å². The molecule has 0 amide bonds. The molecule has 1 heterocycles. The van der Waals surface area contributed by atoms with Crippen molar-refractivity contribution in [3.8, 4) is 11.1 Å². The Hall–Kier alpha value is -2.20. The molecule has 30 heavy (non-hydrogen) atoms. The van der Waals surface area contributed by atoms with E-state index in [1.165, 1.54) is 17.7 Å². The van der Waals surface area contributed by atoms with E-state index in [4.69, 9.17) is 4.74 Å². The zero-order valence-corrected chi connectivity index (χ0v) is 19.8. The predicted molar refractivity (Wildman–Crippen MR) is 124 cm³/mol. The first-order valence-electron chi connectivity index (χ1n) is 9.47. The Balaban J connectivity index is 2.06. The summed E-state index contributed by atoms with van der Waals surface area (Å²) in [7, 11) is -4.12. The molecule has 1 aromatic heterocycles. The highest BCUT2D eigenvalue weighted by Crippen LogP contribution is 2.32. The molecule has 0 fully saturated rings. The molecular weight excluding hydrogens is 515 g/mol. The van der Waals surface area contributed by atoms with Gasteiger partial charge in [-0.05, 0) is 30.5 Å². The van der Waals surface area contributed by atoms with Crippen LogP contribution in [0.4, 0.5) is 0 Å². The number of aromatic nitrogens is 2. The van der Waals surface area contributed by atoms with Crippen LogP contribution in [-0.2, 0) is 30.3 Å². The van der Waals surface area contributed by atoms with Gasteiger partial charge in [0.25, 0.3) is 0 Å². The first-order chi connectivity index (χ1) is 14.3. The van der Waals surface area contributed by atoms with Crippen LogP contribution in [0.15, 0.2) is 72.1 Å². The zero-order valence-electron chi connectivity index (χ0n) is 16.8. The molecule has 6 nitrogen and oxygen atoms in total. The summed E-state index contributed by atoms with van der Waals surface area (Å²) >= 11 is 2.05. The number of rotatable bonds is 8. The molecule has 158 valence electrons. The predicted octanol–water partition coefficient (Wildman–Crippen LogP) is 4.28. The van der Waals surface area contributed by atoms with Crippen LogP contribution in [-0.4, -0.2) is 35.3 Å². The molecule has 1 atom stereocenters. The molecule has 3 aromatic rings. The van der Waals surface area contributed by atoms with Gasteiger partial charge in [0.2, 0.25) is 15.0 Å². The molecule has 0 aliphatic carbocycles. The Morgan fingerprint density at radius 3 is 2.50 bits per heavy atom. The quantitative estimate of drug-likeness (QED) is 0.243. The van der Waals surface area contributed by atoms with Crippen molar-refractivity contribution in [2.45, 2.75) is 34.7 Å². The number of hydrogen-bond acceptors (Lipinski definition) is 5. The van der Waals surface area contributed by atoms with Crippen molar-refractivity contribution in [3.63, 3.8) is 0 Å². The Morgan fingerprint density at radius 1 is 1.13 bits per heavy atom. The number of carbonyl (C=O) groups excluding carboxylic acids is 1. The first kappa shape index (κ1) is 22.5. The Bertz CT molecular complexity index is 1130. The smallest absolute Gasteiger partial charge is 0.328 e. The standard InChI is InChI=1S/C22H23IN2O4S/c1-3-29-20(26)22(2,30(27,28)21-24-12-13-25(21)16-23)15-17-8-7-11-19(14-17)18-9-5-4-6-10-18/h4-14H,3,15-16H2,1-2H3. The van der Waals surface area contributed by atoms with Crippen molar-refractivity contribution < 1.29 is 17.9 Å². The topological polar surface area (TPSA) is 78.3 Å². The molecule has 0 bridgehead atoms. The number of benzene rings is 2. The van der Waals surface area contributed by atoms with Crippen molar-refractivity contribution >= 4 is 38.4 Å². The second-order valence-corrected chi connectivity index (χ2v) is 9.95. The number of carbonyl (C=O) groups is 1. The third kappa shape index (κ3) is 4.29. The Kier molecular flexibility index (Phi) is 6.97. The summed E-state index contributed by atoms with van der Waals surface area (Å²) in [4.78, 5) is 17.0. The van der Waals surface area contributed by atoms with Gasteiger partial charge in [-0.2, -0.15) is 0 Å². The van der Waals surface area contributed by atoms with Gasteiger partial charge in [0.15, 0.2) is 4.75 Å². The van der Waals surface area contributed by atoms with Crippen LogP contribution in [0, 0.1) is 0 Å². The van der Waals surface area contributed by atoms with Crippen LogP contribution in [0.5, 0.6) is 0 Å². The van der Waals surface area contributed by atoms with Crippen molar-refractivity contribution in [3.05, 3.63) is 72.6 Å². The van der Waals surface area contributed by atoms with E-state index in [2.05, 4.69) is 27.6 Å². The highest BCUT2D eigenvalue weighted by molar-refractivity contribution is 14.1. The summed E-state index contributed by atoms with van der Waals surface area (Å²) < 4.78 is 32.5. The molecule has 0 spiro atoms. The van der Waals surface area contributed by atoms with Gasteiger partial charge in [0, 0.05) is 18.8 Å². The number of sulfone groups is 1. The molecule has 0 saturated carbocycles. The zero-order chi connectivity index (χ0) is 21.8. The van der Waals surface area contributed by atoms with Crippen molar-refractivity contribution in [1.29, 1.82) is 0 Å². The molecule has 1 unspecified atom stereocenters. The van der Waals surface area contributed by atoms with Crippen molar-refractivity contribution in [1.82, 2.24) is 9.55 Å². The summed E-state index contributed by atoms with van der Waals surface area (Å²) in [5.41, 5.74) is 2.69. The number of nitrogens with zero attached hydrogens (tertiary/aromatic N) is 2. The average molecular weight is 538 g/mol. The fraction of sp³-hybridized carbons (Fsp3) is 0.273. The van der Waals surface area contributed by atoms with E-state index in [0.29, 0.717) is 4.55 Å². The van der Waals surface area contributed by atoms with Crippen LogP contribution in [0.1, 0.15) is 19.4 Å². The molecule has 8 heteroatoms. The normalized spacial score (nSPS) is 13.6. The molecule has 0 aliphatic rings. The van der Waals surface area contributed by atoms with Gasteiger partial charge in [0.05, 0.1) is 11.2 Å². The molecule has 0 aliphatic heterocycles. The van der Waals surface area contributed by atoms with Gasteiger partial charge < -0.3 is 9.30 Å². The SMILES string of the molecule is CCOC(=O)C(C)(Cc1cccc(-c2ccccc2)c1)S(=O)(=O)c1nccn1CI. The number of ether oxygens (including phenoxy) is 1. The fourth-order valence-corrected chi connectivity index (χ4v) is 5.73. The molecule has 3 rings (SSSR count). The first-order valence-corrected chi connectivity index (χ1v) is 12.5. The van der Waals surface area contributed by atoms with E-state index in [0.717, 1.165) is 16.7 Å². The van der Waals surface area contributed by atoms with Gasteiger partial charge in [-0.25, -0.2) is 13.4 Å². The lowest BCUT2D eigenvalue weighted by Gasteiger charge is -2.27. The third-order valence-corrected chi connectivity index (χ3v) is 7.98. The maximum atomic E-state index is 13.6. The van der Waals surface area contributed by atoms with Crippen molar-refractivity contribution in [2.24, 2.45) is 0 Å². The number of hydrogen-bond donors (Lipinski definition) is 0. The van der Waals surface area contributed by atoms with Crippen LogP contribution in [0.25, 0.3) is 11.1 Å². The van der Waals surface area contributed by atoms with Crippen LogP contribution in [0.2, 0.25) is 0 Å². The fourth-order valence-electron chi connectivity index (χ4n) is 3.27. The van der Waals surface area contributed by atoms with E-state index < -0.39 is 20.6 Å². The van der Waals surface area contributed by atoms with Gasteiger partial charge in [0.1, 0.15) is 0 Å². The number of alkyl halides is 1. The minimum atomic E-state index is -4.12. The van der Waals surface area contributed by atoms with E-state index in [9.17, 15) is 13.2 Å². The lowest BCUT2D eigenvalue weighted by molar-refractivity contribution is -0.145. The molecule has 2 aromatic carbocycles. The summed E-state index contributed by atoms with van der Waals surface area (Å²) in [5.74, 6) is -0.780. The number of halogens is 1. The van der Waals surface area contributed by atoms with Crippen LogP contribution < -0.4 is 0 Å². The van der Waals surface area contributed by atoms with Gasteiger partial charge >= 0.3 is 5.97 Å². The third-order valence-electron chi connectivity index (χ3n) is 4.92. The monoisotopic (exact) mass is 538 g/mol. The van der Waals surface area contributed by atoms with Crippen LogP contribution in [0.3, 0.4) is 0 Å². The number of esters is 1. The van der Waals surface area contributed by atoms with Gasteiger partial charge in [-0.1, -0.05) is 77.2 Å². The minimum Gasteiger partial charge on any atom is -0.465 e. The Labute approximate surface area is 190 Å². The summed E-state index contributed by atoms with van der Waals surface area (Å²) in [6.07, 6.45) is 2.98. The molecule has 0 saturated heterocycles. The van der Waals surface area contributed by atoms with Gasteiger partial charge in [-0.15, -0.1) is 0 Å². The largest absolute Gasteiger partial charge is 0.465 e.